The van der Waals surface area contributed by atoms with E-state index >= 15 is 0 Å². The summed E-state index contributed by atoms with van der Waals surface area (Å²) in [5.74, 6) is 0. The molecule has 0 bridgehead atoms. The van der Waals surface area contributed by atoms with Gasteiger partial charge < -0.3 is 0 Å². The quantitative estimate of drug-likeness (QED) is 0.622. The summed E-state index contributed by atoms with van der Waals surface area (Å²) in [5.41, 5.74) is 2.00. The molecule has 2 aromatic carbocycles. The van der Waals surface area contributed by atoms with E-state index in [1.54, 1.807) is 6.07 Å². The molecule has 0 saturated heterocycles. The lowest BCUT2D eigenvalue weighted by molar-refractivity contribution is -0.137. The molecule has 2 rings (SSSR count). The molecule has 4 heteroatoms. The first-order valence-corrected chi connectivity index (χ1v) is 7.17. The third kappa shape index (κ3) is 3.63. The Kier molecular flexibility index (Phi) is 4.53. The average molecular weight is 343 g/mol. The predicted octanol–water partition coefficient (Wildman–Crippen LogP) is 5.75. The van der Waals surface area contributed by atoms with Crippen LogP contribution in [0, 0.1) is 0 Å². The van der Waals surface area contributed by atoms with Gasteiger partial charge in [-0.05, 0) is 42.2 Å². The molecule has 0 fully saturated rings. The zero-order valence-corrected chi connectivity index (χ0v) is 12.5. The van der Waals surface area contributed by atoms with E-state index in [1.165, 1.54) is 6.07 Å². The molecule has 2 aromatic rings. The van der Waals surface area contributed by atoms with Gasteiger partial charge in [-0.1, -0.05) is 52.3 Å². The summed E-state index contributed by atoms with van der Waals surface area (Å²) >= 11 is 3.44. The van der Waals surface area contributed by atoms with Crippen LogP contribution in [0.2, 0.25) is 0 Å². The topological polar surface area (TPSA) is 0 Å². The monoisotopic (exact) mass is 342 g/mol. The van der Waals surface area contributed by atoms with Crippen molar-refractivity contribution in [3.8, 4) is 0 Å². The summed E-state index contributed by atoms with van der Waals surface area (Å²) in [7, 11) is 0. The molecule has 20 heavy (non-hydrogen) atoms. The second-order valence-corrected chi connectivity index (χ2v) is 6.06. The third-order valence-corrected chi connectivity index (χ3v) is 3.63. The molecule has 0 amide bonds. The van der Waals surface area contributed by atoms with Crippen LogP contribution in [-0.4, -0.2) is 0 Å². The minimum Gasteiger partial charge on any atom is -0.166 e. The fourth-order valence-electron chi connectivity index (χ4n) is 2.14. The first kappa shape index (κ1) is 15.1. The van der Waals surface area contributed by atoms with Crippen molar-refractivity contribution in [2.75, 3.05) is 0 Å². The lowest BCUT2D eigenvalue weighted by atomic mass is 9.96. The van der Waals surface area contributed by atoms with E-state index in [0.29, 0.717) is 12.0 Å². The van der Waals surface area contributed by atoms with Crippen molar-refractivity contribution < 1.29 is 13.2 Å². The van der Waals surface area contributed by atoms with E-state index in [2.05, 4.69) is 15.9 Å². The molecule has 106 valence electrons. The van der Waals surface area contributed by atoms with Crippen LogP contribution in [0.15, 0.2) is 48.5 Å². The van der Waals surface area contributed by atoms with Crippen LogP contribution in [0.3, 0.4) is 0 Å². The van der Waals surface area contributed by atoms with E-state index in [4.69, 9.17) is 0 Å². The Morgan fingerprint density at radius 1 is 1.05 bits per heavy atom. The largest absolute Gasteiger partial charge is 0.416 e. The summed E-state index contributed by atoms with van der Waals surface area (Å²) in [6.07, 6.45) is -3.81. The number of halogens is 4. The van der Waals surface area contributed by atoms with Crippen LogP contribution in [0.5, 0.6) is 0 Å². The maximum absolute atomic E-state index is 12.8. The Bertz CT molecular complexity index is 574. The normalized spacial score (nSPS) is 13.2. The van der Waals surface area contributed by atoms with Crippen LogP contribution in [0.4, 0.5) is 13.2 Å². The highest BCUT2D eigenvalue weighted by Gasteiger charge is 2.31. The van der Waals surface area contributed by atoms with Gasteiger partial charge >= 0.3 is 6.18 Å². The number of rotatable bonds is 3. The summed E-state index contributed by atoms with van der Waals surface area (Å²) in [6.45, 7) is 1.91. The highest BCUT2D eigenvalue weighted by Crippen LogP contribution is 2.34. The van der Waals surface area contributed by atoms with E-state index in [1.807, 2.05) is 37.3 Å². The number of alkyl halides is 4. The lowest BCUT2D eigenvalue weighted by Crippen LogP contribution is -2.07. The lowest BCUT2D eigenvalue weighted by Gasteiger charge is -2.15. The maximum atomic E-state index is 12.8. The first-order valence-electron chi connectivity index (χ1n) is 6.26. The molecule has 0 radical (unpaired) electrons. The second-order valence-electron chi connectivity index (χ2n) is 4.69. The highest BCUT2D eigenvalue weighted by atomic mass is 79.9. The van der Waals surface area contributed by atoms with Crippen molar-refractivity contribution in [1.82, 2.24) is 0 Å². The Hall–Kier alpha value is -1.29. The average Bonchev–Trinajstić information content (AvgIpc) is 2.38. The van der Waals surface area contributed by atoms with Gasteiger partial charge in [0.1, 0.15) is 0 Å². The Balaban J connectivity index is 2.42. The molecular weight excluding hydrogens is 329 g/mol. The zero-order valence-electron chi connectivity index (χ0n) is 10.9. The van der Waals surface area contributed by atoms with Gasteiger partial charge in [0.25, 0.3) is 0 Å². The molecule has 0 aliphatic rings. The predicted molar refractivity (Wildman–Crippen MR) is 78.0 cm³/mol. The smallest absolute Gasteiger partial charge is 0.166 e. The molecule has 1 unspecified atom stereocenters. The highest BCUT2D eigenvalue weighted by molar-refractivity contribution is 9.09. The van der Waals surface area contributed by atoms with Crippen LogP contribution in [-0.2, 0) is 12.6 Å². The van der Waals surface area contributed by atoms with Gasteiger partial charge in [-0.15, -0.1) is 0 Å². The van der Waals surface area contributed by atoms with Gasteiger partial charge in [-0.2, -0.15) is 13.2 Å². The second kappa shape index (κ2) is 6.00. The fourth-order valence-corrected chi connectivity index (χ4v) is 2.59. The first-order chi connectivity index (χ1) is 9.38. The Labute approximate surface area is 124 Å². The molecule has 1 atom stereocenters. The minimum absolute atomic E-state index is 0.0171. The molecule has 0 N–H and O–H groups in total. The molecular formula is C16H14BrF3. The standard InChI is InChI=1S/C16H14BrF3/c1-11(17)15-8-7-14(16(18,19)20)10-13(15)9-12-5-3-2-4-6-12/h2-8,10-11H,9H2,1H3. The molecule has 0 heterocycles. The Morgan fingerprint density at radius 3 is 2.25 bits per heavy atom. The van der Waals surface area contributed by atoms with Gasteiger partial charge in [-0.25, -0.2) is 0 Å². The van der Waals surface area contributed by atoms with Crippen LogP contribution < -0.4 is 0 Å². The molecule has 0 aromatic heterocycles. The van der Waals surface area contributed by atoms with Gasteiger partial charge in [0.2, 0.25) is 0 Å². The summed E-state index contributed by atoms with van der Waals surface area (Å²) < 4.78 is 38.5. The van der Waals surface area contributed by atoms with Crippen molar-refractivity contribution >= 4 is 15.9 Å². The van der Waals surface area contributed by atoms with Crippen molar-refractivity contribution in [3.63, 3.8) is 0 Å². The van der Waals surface area contributed by atoms with E-state index < -0.39 is 11.7 Å². The van der Waals surface area contributed by atoms with Crippen molar-refractivity contribution in [2.45, 2.75) is 24.3 Å². The number of hydrogen-bond donors (Lipinski definition) is 0. The van der Waals surface area contributed by atoms with E-state index in [0.717, 1.165) is 17.2 Å². The summed E-state index contributed by atoms with van der Waals surface area (Å²) in [6, 6.07) is 13.5. The minimum atomic E-state index is -4.31. The number of benzene rings is 2. The molecule has 0 spiro atoms. The third-order valence-electron chi connectivity index (χ3n) is 3.14. The molecule has 0 saturated carbocycles. The van der Waals surface area contributed by atoms with Crippen LogP contribution in [0.1, 0.15) is 34.0 Å². The molecule has 0 nitrogen and oxygen atoms in total. The van der Waals surface area contributed by atoms with Crippen LogP contribution >= 0.6 is 15.9 Å². The SMILES string of the molecule is CC(Br)c1ccc(C(F)(F)F)cc1Cc1ccccc1. The summed E-state index contributed by atoms with van der Waals surface area (Å²) in [5, 5.41) is 0. The van der Waals surface area contributed by atoms with Gasteiger partial charge in [0, 0.05) is 4.83 Å². The summed E-state index contributed by atoms with van der Waals surface area (Å²) in [4.78, 5) is 0.0171. The van der Waals surface area contributed by atoms with Crippen molar-refractivity contribution in [3.05, 3.63) is 70.8 Å². The van der Waals surface area contributed by atoms with Gasteiger partial charge in [-0.3, -0.25) is 0 Å². The van der Waals surface area contributed by atoms with Crippen molar-refractivity contribution in [2.24, 2.45) is 0 Å². The molecule has 0 aliphatic carbocycles. The van der Waals surface area contributed by atoms with Crippen molar-refractivity contribution in [1.29, 1.82) is 0 Å². The van der Waals surface area contributed by atoms with E-state index in [-0.39, 0.29) is 4.83 Å². The van der Waals surface area contributed by atoms with Crippen LogP contribution in [0.25, 0.3) is 0 Å². The Morgan fingerprint density at radius 2 is 1.70 bits per heavy atom. The zero-order chi connectivity index (χ0) is 14.8. The van der Waals surface area contributed by atoms with Gasteiger partial charge in [0.05, 0.1) is 5.56 Å². The number of hydrogen-bond acceptors (Lipinski definition) is 0. The maximum Gasteiger partial charge on any atom is 0.416 e. The fraction of sp³-hybridized carbons (Fsp3) is 0.250. The molecule has 0 aliphatic heterocycles. The van der Waals surface area contributed by atoms with E-state index in [9.17, 15) is 13.2 Å². The van der Waals surface area contributed by atoms with Gasteiger partial charge in [0.15, 0.2) is 0 Å².